The van der Waals surface area contributed by atoms with Crippen molar-refractivity contribution >= 4 is 15.7 Å². The molecule has 1 fully saturated rings. The van der Waals surface area contributed by atoms with E-state index in [1.54, 1.807) is 41.6 Å². The molecule has 0 radical (unpaired) electrons. The van der Waals surface area contributed by atoms with Gasteiger partial charge < -0.3 is 9.64 Å². The summed E-state index contributed by atoms with van der Waals surface area (Å²) in [7, 11) is -1.51. The molecule has 2 aromatic rings. The van der Waals surface area contributed by atoms with Crippen LogP contribution in [0.25, 0.3) is 11.3 Å². The van der Waals surface area contributed by atoms with Crippen molar-refractivity contribution < 1.29 is 17.9 Å². The second-order valence-electron chi connectivity index (χ2n) is 6.14. The Hall–Kier alpha value is -2.48. The van der Waals surface area contributed by atoms with E-state index in [9.17, 15) is 13.2 Å². The molecule has 0 N–H and O–H groups in total. The number of hydrogen-bond acceptors (Lipinski definition) is 6. The Morgan fingerprint density at radius 1 is 1.23 bits per heavy atom. The summed E-state index contributed by atoms with van der Waals surface area (Å²) in [6.07, 6.45) is 3.63. The number of benzene rings is 1. The van der Waals surface area contributed by atoms with Gasteiger partial charge in [-0.2, -0.15) is 0 Å². The molecule has 1 saturated heterocycles. The summed E-state index contributed by atoms with van der Waals surface area (Å²) >= 11 is 0. The van der Waals surface area contributed by atoms with E-state index in [1.807, 2.05) is 6.92 Å². The minimum Gasteiger partial charge on any atom is -0.479 e. The van der Waals surface area contributed by atoms with E-state index in [0.717, 1.165) is 5.56 Å². The topological polar surface area (TPSA) is 89.5 Å². The van der Waals surface area contributed by atoms with Crippen LogP contribution in [-0.2, 0) is 9.84 Å². The molecule has 2 heterocycles. The lowest BCUT2D eigenvalue weighted by Gasteiger charge is -2.27. The fourth-order valence-electron chi connectivity index (χ4n) is 3.20. The summed E-state index contributed by atoms with van der Waals surface area (Å²) in [6.45, 7) is 2.33. The van der Waals surface area contributed by atoms with Crippen molar-refractivity contribution in [3.05, 3.63) is 42.2 Å². The van der Waals surface area contributed by atoms with Crippen LogP contribution in [0.4, 0.5) is 0 Å². The van der Waals surface area contributed by atoms with Crippen LogP contribution >= 0.6 is 0 Å². The quantitative estimate of drug-likeness (QED) is 0.792. The number of rotatable bonds is 5. The number of nitrogens with zero attached hydrogens (tertiary/aromatic N) is 3. The Balaban J connectivity index is 1.82. The van der Waals surface area contributed by atoms with E-state index >= 15 is 0 Å². The Labute approximate surface area is 153 Å². The number of aromatic nitrogens is 2. The van der Waals surface area contributed by atoms with Gasteiger partial charge in [0.15, 0.2) is 9.84 Å². The molecule has 0 aliphatic carbocycles. The lowest BCUT2D eigenvalue weighted by atomic mass is 10.1. The normalized spacial score (nSPS) is 18.5. The zero-order chi connectivity index (χ0) is 18.7. The first kappa shape index (κ1) is 18.3. The number of carbonyl (C=O) groups is 1. The third kappa shape index (κ3) is 3.70. The maximum atomic E-state index is 12.8. The van der Waals surface area contributed by atoms with Crippen LogP contribution in [0.5, 0.6) is 5.88 Å². The van der Waals surface area contributed by atoms with Gasteiger partial charge in [0.05, 0.1) is 18.6 Å². The summed E-state index contributed by atoms with van der Waals surface area (Å²) in [5.74, 6) is 0.444. The summed E-state index contributed by atoms with van der Waals surface area (Å²) in [6, 6.07) is 6.77. The number of sulfone groups is 1. The number of ether oxygens (including phenoxy) is 1. The average Bonchev–Trinajstić information content (AvgIpc) is 3.02. The first-order valence-electron chi connectivity index (χ1n) is 8.42. The number of hydrogen-bond donors (Lipinski definition) is 0. The van der Waals surface area contributed by atoms with E-state index in [4.69, 9.17) is 4.74 Å². The molecular weight excluding hydrogens is 354 g/mol. The second-order valence-corrected chi connectivity index (χ2v) is 8.37. The molecule has 7 nitrogen and oxygen atoms in total. The van der Waals surface area contributed by atoms with Crippen LogP contribution < -0.4 is 4.74 Å². The molecule has 0 unspecified atom stereocenters. The summed E-state index contributed by atoms with van der Waals surface area (Å²) in [5, 5.41) is 0. The highest BCUT2D eigenvalue weighted by Crippen LogP contribution is 2.26. The fourth-order valence-corrected chi connectivity index (χ4v) is 4.93. The maximum absolute atomic E-state index is 12.8. The predicted molar refractivity (Wildman–Crippen MR) is 97.8 cm³/mol. The molecular formula is C18H21N3O4S. The lowest BCUT2D eigenvalue weighted by molar-refractivity contribution is 0.0708. The Bertz CT molecular complexity index is 897. The van der Waals surface area contributed by atoms with Gasteiger partial charge in [-0.05, 0) is 25.5 Å². The monoisotopic (exact) mass is 375 g/mol. The first-order chi connectivity index (χ1) is 12.4. The van der Waals surface area contributed by atoms with Crippen molar-refractivity contribution in [1.29, 1.82) is 0 Å². The largest absolute Gasteiger partial charge is 0.479 e. The minimum atomic E-state index is -3.04. The van der Waals surface area contributed by atoms with Gasteiger partial charge in [-0.25, -0.2) is 18.4 Å². The molecule has 8 heteroatoms. The maximum Gasteiger partial charge on any atom is 0.254 e. The highest BCUT2D eigenvalue weighted by Gasteiger charge is 2.34. The molecule has 1 atom stereocenters. The van der Waals surface area contributed by atoms with Crippen LogP contribution in [-0.4, -0.2) is 60.4 Å². The zero-order valence-corrected chi connectivity index (χ0v) is 15.6. The number of amides is 1. The molecule has 1 aromatic heterocycles. The van der Waals surface area contributed by atoms with E-state index in [1.165, 1.54) is 7.11 Å². The van der Waals surface area contributed by atoms with Gasteiger partial charge in [-0.1, -0.05) is 12.1 Å². The zero-order valence-electron chi connectivity index (χ0n) is 14.8. The van der Waals surface area contributed by atoms with Crippen molar-refractivity contribution in [3.63, 3.8) is 0 Å². The van der Waals surface area contributed by atoms with Gasteiger partial charge in [0.2, 0.25) is 5.88 Å². The molecule has 1 amide bonds. The predicted octanol–water partition coefficient (Wildman–Crippen LogP) is 1.80. The molecule has 1 aliphatic rings. The summed E-state index contributed by atoms with van der Waals surface area (Å²) < 4.78 is 28.7. The third-order valence-corrected chi connectivity index (χ3v) is 6.26. The van der Waals surface area contributed by atoms with Gasteiger partial charge in [0.1, 0.15) is 5.69 Å². The Morgan fingerprint density at radius 3 is 2.50 bits per heavy atom. The van der Waals surface area contributed by atoms with Crippen LogP contribution in [0.3, 0.4) is 0 Å². The van der Waals surface area contributed by atoms with Crippen LogP contribution in [0.15, 0.2) is 36.7 Å². The highest BCUT2D eigenvalue weighted by atomic mass is 32.2. The fraction of sp³-hybridized carbons (Fsp3) is 0.389. The number of methoxy groups -OCH3 is 1. The molecule has 3 rings (SSSR count). The van der Waals surface area contributed by atoms with E-state index < -0.39 is 9.84 Å². The van der Waals surface area contributed by atoms with E-state index in [0.29, 0.717) is 30.1 Å². The van der Waals surface area contributed by atoms with Crippen LogP contribution in [0, 0.1) is 0 Å². The highest BCUT2D eigenvalue weighted by molar-refractivity contribution is 7.91. The second kappa shape index (κ2) is 7.41. The Morgan fingerprint density at radius 2 is 1.92 bits per heavy atom. The number of carbonyl (C=O) groups excluding carboxylic acids is 1. The van der Waals surface area contributed by atoms with Gasteiger partial charge in [0.25, 0.3) is 5.91 Å². The smallest absolute Gasteiger partial charge is 0.254 e. The van der Waals surface area contributed by atoms with Gasteiger partial charge in [-0.3, -0.25) is 4.79 Å². The lowest BCUT2D eigenvalue weighted by Crippen LogP contribution is -2.40. The van der Waals surface area contributed by atoms with E-state index in [-0.39, 0.29) is 23.5 Å². The first-order valence-corrected chi connectivity index (χ1v) is 10.2. The van der Waals surface area contributed by atoms with Crippen molar-refractivity contribution in [2.75, 3.05) is 25.2 Å². The molecule has 1 aromatic carbocycles. The van der Waals surface area contributed by atoms with Crippen molar-refractivity contribution in [3.8, 4) is 17.1 Å². The van der Waals surface area contributed by atoms with Crippen molar-refractivity contribution in [2.24, 2.45) is 0 Å². The molecule has 26 heavy (non-hydrogen) atoms. The Kier molecular flexibility index (Phi) is 5.22. The van der Waals surface area contributed by atoms with Crippen molar-refractivity contribution in [2.45, 2.75) is 19.4 Å². The van der Waals surface area contributed by atoms with Crippen molar-refractivity contribution in [1.82, 2.24) is 14.9 Å². The minimum absolute atomic E-state index is 0.0431. The summed E-state index contributed by atoms with van der Waals surface area (Å²) in [5.41, 5.74) is 1.91. The molecule has 0 saturated carbocycles. The molecule has 138 valence electrons. The van der Waals surface area contributed by atoms with Gasteiger partial charge in [-0.15, -0.1) is 0 Å². The van der Waals surface area contributed by atoms with Gasteiger partial charge in [0, 0.05) is 36.1 Å². The van der Waals surface area contributed by atoms with Gasteiger partial charge >= 0.3 is 0 Å². The summed E-state index contributed by atoms with van der Waals surface area (Å²) in [4.78, 5) is 22.9. The van der Waals surface area contributed by atoms with Crippen LogP contribution in [0.2, 0.25) is 0 Å². The standard InChI is InChI=1S/C18H21N3O4S/c1-3-21(15-8-11-26(23,24)12-15)18(22)14-6-4-13(5-7-14)16-17(25-2)20-10-9-19-16/h4-7,9-10,15H,3,8,11-12H2,1-2H3/t15-/m0/s1. The van der Waals surface area contributed by atoms with Crippen LogP contribution in [0.1, 0.15) is 23.7 Å². The molecule has 1 aliphatic heterocycles. The van der Waals surface area contributed by atoms with E-state index in [2.05, 4.69) is 9.97 Å². The SMILES string of the molecule is CCN(C(=O)c1ccc(-c2nccnc2OC)cc1)[C@H]1CCS(=O)(=O)C1. The third-order valence-electron chi connectivity index (χ3n) is 4.51. The molecule has 0 bridgehead atoms. The molecule has 0 spiro atoms. The average molecular weight is 375 g/mol.